The third-order valence-corrected chi connectivity index (χ3v) is 5.43. The summed E-state index contributed by atoms with van der Waals surface area (Å²) in [5.41, 5.74) is 1.59. The summed E-state index contributed by atoms with van der Waals surface area (Å²) in [5.74, 6) is -0.642. The fourth-order valence-corrected chi connectivity index (χ4v) is 3.90. The van der Waals surface area contributed by atoms with Crippen molar-refractivity contribution < 1.29 is 29.2 Å². The van der Waals surface area contributed by atoms with E-state index in [0.717, 1.165) is 0 Å². The Labute approximate surface area is 178 Å². The number of carbonyl (C=O) groups is 1. The SMILES string of the molecule is O=C1O[C@H](CC[C@H](O)c2ccc(F)cc2)[C@@H](c2ccc(O)cc2O)N1c1ccccc1. The molecule has 6 nitrogen and oxygen atoms in total. The standard InChI is InChI=1S/C24H22FNO5/c25-16-8-6-15(7-9-16)20(28)12-13-22-23(19-11-10-18(27)14-21(19)29)26(24(30)31-22)17-4-2-1-3-5-17/h1-11,14,20,22-23,27-29H,12-13H2/t20-,22+,23+/m0/s1. The van der Waals surface area contributed by atoms with Crippen LogP contribution in [0.25, 0.3) is 0 Å². The van der Waals surface area contributed by atoms with Gasteiger partial charge in [-0.05, 0) is 54.8 Å². The van der Waals surface area contributed by atoms with Crippen LogP contribution < -0.4 is 4.90 Å². The van der Waals surface area contributed by atoms with Crippen molar-refractivity contribution in [2.75, 3.05) is 4.90 Å². The lowest BCUT2D eigenvalue weighted by atomic mass is 9.94. The summed E-state index contributed by atoms with van der Waals surface area (Å²) in [5, 5.41) is 30.6. The number of nitrogens with zero attached hydrogens (tertiary/aromatic N) is 1. The number of phenols is 2. The zero-order valence-electron chi connectivity index (χ0n) is 16.6. The molecule has 3 N–H and O–H groups in total. The van der Waals surface area contributed by atoms with Crippen LogP contribution in [0, 0.1) is 5.82 Å². The van der Waals surface area contributed by atoms with Crippen molar-refractivity contribution in [3.05, 3.63) is 89.7 Å². The molecule has 3 aromatic carbocycles. The summed E-state index contributed by atoms with van der Waals surface area (Å²) >= 11 is 0. The van der Waals surface area contributed by atoms with Crippen LogP contribution in [0.4, 0.5) is 14.9 Å². The number of cyclic esters (lactones) is 1. The molecular formula is C24H22FNO5. The van der Waals surface area contributed by atoms with E-state index in [1.54, 1.807) is 30.3 Å². The maximum Gasteiger partial charge on any atom is 0.415 e. The van der Waals surface area contributed by atoms with E-state index in [9.17, 15) is 24.5 Å². The molecule has 1 fully saturated rings. The Balaban J connectivity index is 1.62. The number of hydrogen-bond donors (Lipinski definition) is 3. The molecule has 1 aliphatic heterocycles. The third-order valence-electron chi connectivity index (χ3n) is 5.43. The van der Waals surface area contributed by atoms with E-state index in [-0.39, 0.29) is 23.7 Å². The quantitative estimate of drug-likeness (QED) is 0.529. The van der Waals surface area contributed by atoms with Gasteiger partial charge in [-0.25, -0.2) is 9.18 Å². The number of hydrogen-bond acceptors (Lipinski definition) is 5. The minimum absolute atomic E-state index is 0.0963. The van der Waals surface area contributed by atoms with E-state index in [4.69, 9.17) is 4.74 Å². The summed E-state index contributed by atoms with van der Waals surface area (Å²) in [4.78, 5) is 14.2. The van der Waals surface area contributed by atoms with Crippen LogP contribution in [0.15, 0.2) is 72.8 Å². The predicted molar refractivity (Wildman–Crippen MR) is 112 cm³/mol. The Morgan fingerprint density at radius 3 is 2.39 bits per heavy atom. The van der Waals surface area contributed by atoms with Crippen molar-refractivity contribution in [1.82, 2.24) is 0 Å². The molecule has 0 aromatic heterocycles. The molecule has 0 aliphatic carbocycles. The van der Waals surface area contributed by atoms with Gasteiger partial charge in [0.2, 0.25) is 0 Å². The average molecular weight is 423 g/mol. The first-order valence-electron chi connectivity index (χ1n) is 9.94. The first-order valence-corrected chi connectivity index (χ1v) is 9.94. The van der Waals surface area contributed by atoms with E-state index in [1.165, 1.54) is 41.3 Å². The largest absolute Gasteiger partial charge is 0.508 e. The molecule has 0 unspecified atom stereocenters. The average Bonchev–Trinajstić information content (AvgIpc) is 3.09. The van der Waals surface area contributed by atoms with Gasteiger partial charge in [-0.2, -0.15) is 0 Å². The number of halogens is 1. The minimum Gasteiger partial charge on any atom is -0.508 e. The first kappa shape index (κ1) is 20.7. The number of anilines is 1. The van der Waals surface area contributed by atoms with Crippen LogP contribution in [0.3, 0.4) is 0 Å². The fourth-order valence-electron chi connectivity index (χ4n) is 3.90. The van der Waals surface area contributed by atoms with Gasteiger partial charge in [0.05, 0.1) is 6.10 Å². The summed E-state index contributed by atoms with van der Waals surface area (Å²) in [6.07, 6.45) is -1.51. The second-order valence-corrected chi connectivity index (χ2v) is 7.46. The Bertz CT molecular complexity index is 1060. The van der Waals surface area contributed by atoms with Gasteiger partial charge in [0.25, 0.3) is 0 Å². The maximum absolute atomic E-state index is 13.1. The van der Waals surface area contributed by atoms with Crippen molar-refractivity contribution in [3.8, 4) is 11.5 Å². The molecule has 1 aliphatic rings. The smallest absolute Gasteiger partial charge is 0.415 e. The molecule has 0 radical (unpaired) electrons. The van der Waals surface area contributed by atoms with Crippen molar-refractivity contribution in [2.24, 2.45) is 0 Å². The highest BCUT2D eigenvalue weighted by Gasteiger charge is 2.44. The first-order chi connectivity index (χ1) is 14.9. The van der Waals surface area contributed by atoms with Crippen LogP contribution in [-0.2, 0) is 4.74 Å². The molecular weight excluding hydrogens is 401 g/mol. The molecule has 0 saturated carbocycles. The monoisotopic (exact) mass is 423 g/mol. The predicted octanol–water partition coefficient (Wildman–Crippen LogP) is 4.82. The van der Waals surface area contributed by atoms with Gasteiger partial charge in [-0.1, -0.05) is 30.3 Å². The highest BCUT2D eigenvalue weighted by molar-refractivity contribution is 5.91. The van der Waals surface area contributed by atoms with E-state index in [2.05, 4.69) is 0 Å². The Morgan fingerprint density at radius 1 is 1.00 bits per heavy atom. The number of rotatable bonds is 6. The Morgan fingerprint density at radius 2 is 1.71 bits per heavy atom. The van der Waals surface area contributed by atoms with Crippen molar-refractivity contribution in [3.63, 3.8) is 0 Å². The number of carbonyl (C=O) groups excluding carboxylic acids is 1. The van der Waals surface area contributed by atoms with Gasteiger partial charge in [-0.15, -0.1) is 0 Å². The van der Waals surface area contributed by atoms with Gasteiger partial charge < -0.3 is 20.1 Å². The highest BCUT2D eigenvalue weighted by atomic mass is 19.1. The molecule has 3 atom stereocenters. The summed E-state index contributed by atoms with van der Waals surface area (Å²) in [7, 11) is 0. The Kier molecular flexibility index (Phi) is 5.77. The molecule has 1 heterocycles. The number of benzene rings is 3. The van der Waals surface area contributed by atoms with Crippen LogP contribution in [0.1, 0.15) is 36.1 Å². The van der Waals surface area contributed by atoms with Gasteiger partial charge >= 0.3 is 6.09 Å². The van der Waals surface area contributed by atoms with Crippen LogP contribution in [0.2, 0.25) is 0 Å². The van der Waals surface area contributed by atoms with Crippen LogP contribution >= 0.6 is 0 Å². The summed E-state index contributed by atoms with van der Waals surface area (Å²) in [6.45, 7) is 0. The molecule has 1 amide bonds. The van der Waals surface area contributed by atoms with E-state index in [0.29, 0.717) is 23.2 Å². The molecule has 4 rings (SSSR count). The number of aliphatic hydroxyl groups excluding tert-OH is 1. The number of amides is 1. The van der Waals surface area contributed by atoms with Crippen molar-refractivity contribution in [2.45, 2.75) is 31.1 Å². The second kappa shape index (κ2) is 8.65. The van der Waals surface area contributed by atoms with Gasteiger partial charge in [-0.3, -0.25) is 4.90 Å². The molecule has 0 bridgehead atoms. The molecule has 3 aromatic rings. The van der Waals surface area contributed by atoms with Crippen LogP contribution in [0.5, 0.6) is 11.5 Å². The van der Waals surface area contributed by atoms with E-state index < -0.39 is 24.3 Å². The topological polar surface area (TPSA) is 90.2 Å². The van der Waals surface area contributed by atoms with Gasteiger partial charge in [0.15, 0.2) is 0 Å². The minimum atomic E-state index is -0.862. The van der Waals surface area contributed by atoms with Crippen LogP contribution in [-0.4, -0.2) is 27.5 Å². The fraction of sp³-hybridized carbons (Fsp3) is 0.208. The third kappa shape index (κ3) is 4.32. The number of ether oxygens (including phenoxy) is 1. The molecule has 1 saturated heterocycles. The summed E-state index contributed by atoms with van der Waals surface area (Å²) in [6, 6.07) is 18.1. The normalized spacial score (nSPS) is 19.3. The lowest BCUT2D eigenvalue weighted by Gasteiger charge is -2.26. The van der Waals surface area contributed by atoms with Gasteiger partial charge in [0.1, 0.15) is 29.5 Å². The highest BCUT2D eigenvalue weighted by Crippen LogP contribution is 2.43. The number of para-hydroxylation sites is 1. The summed E-state index contributed by atoms with van der Waals surface area (Å²) < 4.78 is 18.8. The number of aromatic hydroxyl groups is 2. The number of aliphatic hydroxyl groups is 1. The van der Waals surface area contributed by atoms with Crippen molar-refractivity contribution in [1.29, 1.82) is 0 Å². The zero-order chi connectivity index (χ0) is 22.0. The molecule has 7 heteroatoms. The lowest BCUT2D eigenvalue weighted by molar-refractivity contribution is 0.100. The molecule has 31 heavy (non-hydrogen) atoms. The van der Waals surface area contributed by atoms with Gasteiger partial charge in [0, 0.05) is 17.3 Å². The van der Waals surface area contributed by atoms with E-state index in [1.807, 2.05) is 6.07 Å². The molecule has 0 spiro atoms. The van der Waals surface area contributed by atoms with E-state index >= 15 is 0 Å². The maximum atomic E-state index is 13.1. The van der Waals surface area contributed by atoms with Crippen molar-refractivity contribution >= 4 is 11.8 Å². The molecule has 160 valence electrons. The number of phenolic OH excluding ortho intramolecular Hbond substituents is 2. The zero-order valence-corrected chi connectivity index (χ0v) is 16.6. The lowest BCUT2D eigenvalue weighted by Crippen LogP contribution is -2.29. The second-order valence-electron chi connectivity index (χ2n) is 7.46. The Hall–Kier alpha value is -3.58.